The summed E-state index contributed by atoms with van der Waals surface area (Å²) in [5.74, 6) is 0. The zero-order valence-electron chi connectivity index (χ0n) is 8.78. The van der Waals surface area contributed by atoms with Gasteiger partial charge in [0.15, 0.2) is 3.07 Å². The number of fused-ring (bicyclic) bond motifs is 1. The van der Waals surface area contributed by atoms with E-state index in [1.165, 1.54) is 6.07 Å². The molecule has 0 aliphatic rings. The first-order valence-corrected chi connectivity index (χ1v) is 8.81. The summed E-state index contributed by atoms with van der Waals surface area (Å²) >= 11 is 6.53. The Balaban J connectivity index is 2.60. The molecule has 1 aromatic heterocycles. The Labute approximate surface area is 127 Å². The van der Waals surface area contributed by atoms with E-state index in [4.69, 9.17) is 0 Å². The van der Waals surface area contributed by atoms with Gasteiger partial charge in [-0.2, -0.15) is 13.2 Å². The number of benzene rings is 1. The third kappa shape index (κ3) is 2.96. The van der Waals surface area contributed by atoms with E-state index in [2.05, 4.69) is 36.8 Å². The molecule has 0 bridgehead atoms. The van der Waals surface area contributed by atoms with Crippen LogP contribution in [-0.4, -0.2) is 16.5 Å². The van der Waals surface area contributed by atoms with Gasteiger partial charge in [-0.05, 0) is 18.2 Å². The maximum Gasteiger partial charge on any atom is 0.416 e. The number of alkyl halides is 5. The van der Waals surface area contributed by atoms with Crippen molar-refractivity contribution >= 4 is 63.3 Å². The van der Waals surface area contributed by atoms with Gasteiger partial charge in [-0.25, -0.2) is 13.4 Å². The van der Waals surface area contributed by atoms with Gasteiger partial charge < -0.3 is 0 Å². The van der Waals surface area contributed by atoms with Crippen molar-refractivity contribution in [3.05, 3.63) is 23.8 Å². The molecule has 10 heteroatoms. The zero-order chi connectivity index (χ0) is 14.4. The van der Waals surface area contributed by atoms with Crippen molar-refractivity contribution in [3.8, 4) is 0 Å². The van der Waals surface area contributed by atoms with Gasteiger partial charge in [-0.1, -0.05) is 31.9 Å². The summed E-state index contributed by atoms with van der Waals surface area (Å²) < 4.78 is 60.3. The molecule has 0 saturated carbocycles. The van der Waals surface area contributed by atoms with Crippen LogP contribution in [0.1, 0.15) is 5.56 Å². The first-order chi connectivity index (χ1) is 8.62. The highest BCUT2D eigenvalue weighted by Crippen LogP contribution is 2.35. The van der Waals surface area contributed by atoms with Crippen LogP contribution >= 0.6 is 43.2 Å². The second-order valence-electron chi connectivity index (χ2n) is 3.47. The van der Waals surface area contributed by atoms with Crippen LogP contribution in [0.3, 0.4) is 0 Å². The minimum Gasteiger partial charge on any atom is -0.225 e. The van der Waals surface area contributed by atoms with Crippen molar-refractivity contribution in [1.82, 2.24) is 4.98 Å². The van der Waals surface area contributed by atoms with Crippen molar-refractivity contribution in [1.29, 1.82) is 0 Å². The second kappa shape index (κ2) is 4.97. The number of nitrogens with zero attached hydrogens (tertiary/aromatic N) is 1. The van der Waals surface area contributed by atoms with Gasteiger partial charge in [-0.15, -0.1) is 11.3 Å². The fourth-order valence-electron chi connectivity index (χ4n) is 1.28. The fraction of sp³-hybridized carbons (Fsp3) is 0.222. The summed E-state index contributed by atoms with van der Waals surface area (Å²) in [5, 5.41) is 0. The number of sulfone groups is 1. The van der Waals surface area contributed by atoms with Crippen LogP contribution in [-0.2, 0) is 16.0 Å². The van der Waals surface area contributed by atoms with Gasteiger partial charge in [0.1, 0.15) is 0 Å². The summed E-state index contributed by atoms with van der Waals surface area (Å²) in [4.78, 5) is 3.75. The van der Waals surface area contributed by atoms with E-state index in [9.17, 15) is 21.6 Å². The molecule has 0 atom stereocenters. The third-order valence-corrected chi connectivity index (χ3v) is 7.95. The van der Waals surface area contributed by atoms with Crippen molar-refractivity contribution < 1.29 is 21.6 Å². The summed E-state index contributed by atoms with van der Waals surface area (Å²) in [6, 6.07) is 2.95. The van der Waals surface area contributed by atoms with Gasteiger partial charge in [0.25, 0.3) is 0 Å². The lowest BCUT2D eigenvalue weighted by Gasteiger charge is -2.04. The van der Waals surface area contributed by atoms with Crippen LogP contribution in [0.25, 0.3) is 10.2 Å². The van der Waals surface area contributed by atoms with Gasteiger partial charge in [0.2, 0.25) is 14.2 Å². The fourth-order valence-corrected chi connectivity index (χ4v) is 5.16. The molecule has 3 nitrogen and oxygen atoms in total. The molecule has 2 aromatic rings. The van der Waals surface area contributed by atoms with E-state index in [1.54, 1.807) is 0 Å². The second-order valence-corrected chi connectivity index (χ2v) is 11.0. The number of thiazole rings is 1. The summed E-state index contributed by atoms with van der Waals surface area (Å²) in [6.07, 6.45) is -4.48. The first-order valence-electron chi connectivity index (χ1n) is 4.62. The molecule has 0 saturated heterocycles. The predicted molar refractivity (Wildman–Crippen MR) is 73.4 cm³/mol. The molecule has 0 aliphatic carbocycles. The molecule has 0 unspecified atom stereocenters. The summed E-state index contributed by atoms with van der Waals surface area (Å²) in [7, 11) is -3.73. The molecule has 0 aliphatic heterocycles. The van der Waals surface area contributed by atoms with E-state index in [-0.39, 0.29) is 9.86 Å². The van der Waals surface area contributed by atoms with Crippen molar-refractivity contribution in [2.24, 2.45) is 0 Å². The van der Waals surface area contributed by atoms with E-state index in [0.717, 1.165) is 23.5 Å². The lowest BCUT2D eigenvalue weighted by atomic mass is 10.2. The van der Waals surface area contributed by atoms with Crippen LogP contribution in [0.5, 0.6) is 0 Å². The van der Waals surface area contributed by atoms with E-state index < -0.39 is 24.6 Å². The molecule has 0 spiro atoms. The molecule has 104 valence electrons. The Morgan fingerprint density at radius 2 is 1.89 bits per heavy atom. The molecule has 0 fully saturated rings. The van der Waals surface area contributed by atoms with Gasteiger partial charge in [0.05, 0.1) is 15.8 Å². The molecule has 0 radical (unpaired) electrons. The Morgan fingerprint density at radius 1 is 1.26 bits per heavy atom. The minimum absolute atomic E-state index is 0.0130. The Kier molecular flexibility index (Phi) is 3.98. The SMILES string of the molecule is O=S(=O)(c1nc2cc(C(F)(F)F)ccc2s1)C(Br)Br. The number of rotatable bonds is 2. The average Bonchev–Trinajstić information content (AvgIpc) is 2.70. The highest BCUT2D eigenvalue weighted by molar-refractivity contribution is 9.27. The van der Waals surface area contributed by atoms with Crippen LogP contribution in [0.4, 0.5) is 13.2 Å². The lowest BCUT2D eigenvalue weighted by Crippen LogP contribution is -2.07. The quantitative estimate of drug-likeness (QED) is 0.661. The zero-order valence-corrected chi connectivity index (χ0v) is 13.6. The molecule has 0 amide bonds. The normalized spacial score (nSPS) is 13.4. The van der Waals surface area contributed by atoms with E-state index >= 15 is 0 Å². The number of aromatic nitrogens is 1. The van der Waals surface area contributed by atoms with Crippen molar-refractivity contribution in [3.63, 3.8) is 0 Å². The van der Waals surface area contributed by atoms with Crippen molar-refractivity contribution in [2.75, 3.05) is 0 Å². The van der Waals surface area contributed by atoms with E-state index in [1.807, 2.05) is 0 Å². The number of halogens is 5. The van der Waals surface area contributed by atoms with Gasteiger partial charge >= 0.3 is 6.18 Å². The van der Waals surface area contributed by atoms with Crippen LogP contribution in [0.2, 0.25) is 0 Å². The van der Waals surface area contributed by atoms with Crippen molar-refractivity contribution in [2.45, 2.75) is 13.6 Å². The molecule has 0 N–H and O–H groups in total. The van der Waals surface area contributed by atoms with Gasteiger partial charge in [0, 0.05) is 0 Å². The van der Waals surface area contributed by atoms with Crippen LogP contribution in [0.15, 0.2) is 22.5 Å². The monoisotopic (exact) mass is 437 g/mol. The average molecular weight is 439 g/mol. The third-order valence-electron chi connectivity index (χ3n) is 2.17. The minimum atomic E-state index is -4.48. The number of hydrogen-bond donors (Lipinski definition) is 0. The topological polar surface area (TPSA) is 47.0 Å². The van der Waals surface area contributed by atoms with E-state index in [0.29, 0.717) is 4.70 Å². The highest BCUT2D eigenvalue weighted by Gasteiger charge is 2.32. The molecule has 2 rings (SSSR count). The molecule has 19 heavy (non-hydrogen) atoms. The van der Waals surface area contributed by atoms with Gasteiger partial charge in [-0.3, -0.25) is 0 Å². The predicted octanol–water partition coefficient (Wildman–Crippen LogP) is 4.16. The number of hydrogen-bond acceptors (Lipinski definition) is 4. The standard InChI is InChI=1S/C9H4Br2F3NO2S2/c10-7(11)19(16,17)8-15-5-3-4(9(12,13)14)1-2-6(5)18-8/h1-3,7H. The molecule has 1 aromatic carbocycles. The Morgan fingerprint density at radius 3 is 2.42 bits per heavy atom. The van der Waals surface area contributed by atoms with Crippen LogP contribution in [0, 0.1) is 0 Å². The maximum absolute atomic E-state index is 12.5. The first kappa shape index (κ1) is 15.2. The Hall–Kier alpha value is -0.190. The summed E-state index contributed by atoms with van der Waals surface area (Å²) in [5.41, 5.74) is -0.845. The summed E-state index contributed by atoms with van der Waals surface area (Å²) in [6.45, 7) is 0. The highest BCUT2D eigenvalue weighted by atomic mass is 79.9. The molecular formula is C9H4Br2F3NO2S2. The Bertz CT molecular complexity index is 725. The smallest absolute Gasteiger partial charge is 0.225 e. The maximum atomic E-state index is 12.5. The van der Waals surface area contributed by atoms with Crippen LogP contribution < -0.4 is 0 Å². The molecular weight excluding hydrogens is 435 g/mol. The lowest BCUT2D eigenvalue weighted by molar-refractivity contribution is -0.137. The molecule has 1 heterocycles. The largest absolute Gasteiger partial charge is 0.416 e.